The summed E-state index contributed by atoms with van der Waals surface area (Å²) < 4.78 is 27.7. The van der Waals surface area contributed by atoms with Gasteiger partial charge in [-0.15, -0.1) is 0 Å². The number of halogens is 3. The fraction of sp³-hybridized carbons (Fsp3) is 0.364. The predicted octanol–water partition coefficient (Wildman–Crippen LogP) is 2.78. The third kappa shape index (κ3) is 4.15. The molecule has 112 valence electrons. The molecule has 0 unspecified atom stereocenters. The monoisotopic (exact) mass is 359 g/mol. The van der Waals surface area contributed by atoms with Crippen LogP contribution in [0.4, 0.5) is 0 Å². The van der Waals surface area contributed by atoms with Gasteiger partial charge in [0.05, 0.1) is 5.02 Å². The molecule has 0 bridgehead atoms. The van der Waals surface area contributed by atoms with Crippen molar-refractivity contribution in [2.45, 2.75) is 11.8 Å². The van der Waals surface area contributed by atoms with Gasteiger partial charge in [0.2, 0.25) is 0 Å². The summed E-state index contributed by atoms with van der Waals surface area (Å²) in [6.45, 7) is 2.13. The summed E-state index contributed by atoms with van der Waals surface area (Å²) in [4.78, 5) is 12.7. The lowest BCUT2D eigenvalue weighted by atomic mass is 10.3. The number of benzene rings is 1. The zero-order valence-electron chi connectivity index (χ0n) is 10.7. The maximum absolute atomic E-state index is 11.6. The van der Waals surface area contributed by atoms with E-state index in [9.17, 15) is 13.2 Å². The normalized spacial score (nSPS) is 11.2. The van der Waals surface area contributed by atoms with Crippen molar-refractivity contribution in [2.24, 2.45) is 0 Å². The van der Waals surface area contributed by atoms with Crippen LogP contribution in [0.25, 0.3) is 0 Å². The van der Waals surface area contributed by atoms with Gasteiger partial charge in [-0.2, -0.15) is 0 Å². The highest BCUT2D eigenvalue weighted by Gasteiger charge is 2.20. The molecule has 0 fully saturated rings. The summed E-state index contributed by atoms with van der Waals surface area (Å²) >= 11 is 11.7. The number of carbonyl (C=O) groups excluding carboxylic acids is 1. The van der Waals surface area contributed by atoms with Gasteiger partial charge in [-0.3, -0.25) is 4.79 Å². The number of hydrogen-bond acceptors (Lipinski definition) is 4. The Morgan fingerprint density at radius 3 is 2.40 bits per heavy atom. The number of rotatable bonds is 5. The number of likely N-dealkylation sites (N-methyl/N-ethyl adjacent to an activating group) is 1. The first-order valence-electron chi connectivity index (χ1n) is 5.48. The standard InChI is InChI=1S/C11H12Cl3NO4S/c1-3-15(2)9(16)6-19-7-4-5-8(20(14,17)18)11(13)10(7)12/h4-5H,3,6H2,1-2H3. The van der Waals surface area contributed by atoms with Crippen LogP contribution in [0, 0.1) is 0 Å². The Balaban J connectivity index is 2.95. The quantitative estimate of drug-likeness (QED) is 0.757. The molecule has 0 aliphatic rings. The smallest absolute Gasteiger partial charge is 0.262 e. The maximum Gasteiger partial charge on any atom is 0.262 e. The number of ether oxygens (including phenoxy) is 1. The molecule has 1 rings (SSSR count). The Kier molecular flexibility index (Phi) is 5.94. The molecule has 0 N–H and O–H groups in total. The van der Waals surface area contributed by atoms with Gasteiger partial charge in [-0.05, 0) is 19.1 Å². The molecule has 0 saturated heterocycles. The van der Waals surface area contributed by atoms with E-state index in [2.05, 4.69) is 0 Å². The Morgan fingerprint density at radius 2 is 1.90 bits per heavy atom. The van der Waals surface area contributed by atoms with Crippen LogP contribution in [0.3, 0.4) is 0 Å². The van der Waals surface area contributed by atoms with Crippen LogP contribution in [0.1, 0.15) is 6.92 Å². The zero-order valence-corrected chi connectivity index (χ0v) is 13.8. The number of hydrogen-bond donors (Lipinski definition) is 0. The molecule has 0 heterocycles. The topological polar surface area (TPSA) is 63.7 Å². The van der Waals surface area contributed by atoms with Crippen molar-refractivity contribution in [3.05, 3.63) is 22.2 Å². The minimum absolute atomic E-state index is 0.110. The van der Waals surface area contributed by atoms with E-state index < -0.39 is 9.05 Å². The molecule has 5 nitrogen and oxygen atoms in total. The van der Waals surface area contributed by atoms with Crippen LogP contribution in [-0.2, 0) is 13.8 Å². The van der Waals surface area contributed by atoms with Crippen molar-refractivity contribution < 1.29 is 17.9 Å². The van der Waals surface area contributed by atoms with Gasteiger partial charge in [0.1, 0.15) is 15.7 Å². The fourth-order valence-corrected chi connectivity index (χ4v) is 3.03. The Morgan fingerprint density at radius 1 is 1.30 bits per heavy atom. The molecule has 0 saturated carbocycles. The SMILES string of the molecule is CCN(C)C(=O)COc1ccc(S(=O)(=O)Cl)c(Cl)c1Cl. The minimum Gasteiger partial charge on any atom is -0.482 e. The first-order valence-corrected chi connectivity index (χ1v) is 8.54. The van der Waals surface area contributed by atoms with E-state index in [-0.39, 0.29) is 33.2 Å². The summed E-state index contributed by atoms with van der Waals surface area (Å²) in [7, 11) is 2.84. The molecule has 1 aromatic carbocycles. The zero-order chi connectivity index (χ0) is 15.5. The van der Waals surface area contributed by atoms with Gasteiger partial charge < -0.3 is 9.64 Å². The Hall–Kier alpha value is -0.690. The van der Waals surface area contributed by atoms with Crippen LogP contribution in [0.2, 0.25) is 10.0 Å². The van der Waals surface area contributed by atoms with Crippen molar-refractivity contribution in [3.8, 4) is 5.75 Å². The largest absolute Gasteiger partial charge is 0.482 e. The summed E-state index contributed by atoms with van der Waals surface area (Å²) in [5.41, 5.74) is 0. The molecule has 0 aliphatic heterocycles. The number of amides is 1. The van der Waals surface area contributed by atoms with Crippen molar-refractivity contribution >= 4 is 48.8 Å². The van der Waals surface area contributed by atoms with Gasteiger partial charge in [0.15, 0.2) is 6.61 Å². The molecular weight excluding hydrogens is 349 g/mol. The third-order valence-corrected chi connectivity index (χ3v) is 4.87. The van der Waals surface area contributed by atoms with Crippen molar-refractivity contribution in [3.63, 3.8) is 0 Å². The van der Waals surface area contributed by atoms with Crippen LogP contribution < -0.4 is 4.74 Å². The Labute approximate surface area is 131 Å². The molecule has 0 radical (unpaired) electrons. The van der Waals surface area contributed by atoms with E-state index in [1.165, 1.54) is 17.0 Å². The second-order valence-electron chi connectivity index (χ2n) is 3.82. The first-order chi connectivity index (χ1) is 9.18. The Bertz CT molecular complexity index is 618. The number of nitrogens with zero attached hydrogens (tertiary/aromatic N) is 1. The average Bonchev–Trinajstić information content (AvgIpc) is 2.37. The lowest BCUT2D eigenvalue weighted by Gasteiger charge is -2.15. The molecular formula is C11H12Cl3NO4S. The molecule has 0 atom stereocenters. The minimum atomic E-state index is -4.00. The van der Waals surface area contributed by atoms with E-state index >= 15 is 0 Å². The van der Waals surface area contributed by atoms with Crippen molar-refractivity contribution in [2.75, 3.05) is 20.2 Å². The highest BCUT2D eigenvalue weighted by Crippen LogP contribution is 2.37. The number of carbonyl (C=O) groups is 1. The molecule has 0 aliphatic carbocycles. The summed E-state index contributed by atoms with van der Waals surface area (Å²) in [6, 6.07) is 2.46. The molecule has 0 spiro atoms. The molecule has 0 aromatic heterocycles. The molecule has 1 aromatic rings. The van der Waals surface area contributed by atoms with Crippen molar-refractivity contribution in [1.82, 2.24) is 4.90 Å². The van der Waals surface area contributed by atoms with Crippen molar-refractivity contribution in [1.29, 1.82) is 0 Å². The highest BCUT2D eigenvalue weighted by atomic mass is 35.7. The van der Waals surface area contributed by atoms with E-state index in [4.69, 9.17) is 38.6 Å². The molecule has 20 heavy (non-hydrogen) atoms. The predicted molar refractivity (Wildman–Crippen MR) is 78.3 cm³/mol. The lowest BCUT2D eigenvalue weighted by Crippen LogP contribution is -2.31. The molecule has 9 heteroatoms. The van der Waals surface area contributed by atoms with Crippen LogP contribution in [-0.4, -0.2) is 39.4 Å². The summed E-state index contributed by atoms with van der Waals surface area (Å²) in [6.07, 6.45) is 0. The van der Waals surface area contributed by atoms with E-state index in [1.807, 2.05) is 6.92 Å². The summed E-state index contributed by atoms with van der Waals surface area (Å²) in [5.74, 6) is -0.132. The van der Waals surface area contributed by atoms with Gasteiger partial charge in [-0.25, -0.2) is 8.42 Å². The third-order valence-electron chi connectivity index (χ3n) is 2.53. The van der Waals surface area contributed by atoms with Crippen LogP contribution in [0.15, 0.2) is 17.0 Å². The average molecular weight is 361 g/mol. The second-order valence-corrected chi connectivity index (χ2v) is 7.11. The molecule has 1 amide bonds. The maximum atomic E-state index is 11.6. The highest BCUT2D eigenvalue weighted by molar-refractivity contribution is 8.13. The summed E-state index contributed by atoms with van der Waals surface area (Å²) in [5, 5.41) is -0.351. The van der Waals surface area contributed by atoms with Crippen LogP contribution in [0.5, 0.6) is 5.75 Å². The van der Waals surface area contributed by atoms with E-state index in [1.54, 1.807) is 7.05 Å². The van der Waals surface area contributed by atoms with E-state index in [0.29, 0.717) is 6.54 Å². The first kappa shape index (κ1) is 17.4. The second kappa shape index (κ2) is 6.85. The van der Waals surface area contributed by atoms with Gasteiger partial charge in [-0.1, -0.05) is 23.2 Å². The fourth-order valence-electron chi connectivity index (χ4n) is 1.24. The van der Waals surface area contributed by atoms with Crippen LogP contribution >= 0.6 is 33.9 Å². The van der Waals surface area contributed by atoms with Gasteiger partial charge >= 0.3 is 0 Å². The lowest BCUT2D eigenvalue weighted by molar-refractivity contribution is -0.131. The van der Waals surface area contributed by atoms with Gasteiger partial charge in [0.25, 0.3) is 15.0 Å². The van der Waals surface area contributed by atoms with Gasteiger partial charge in [0, 0.05) is 24.3 Å². The van der Waals surface area contributed by atoms with E-state index in [0.717, 1.165) is 0 Å².